The van der Waals surface area contributed by atoms with Crippen LogP contribution in [0.1, 0.15) is 12.0 Å². The average molecular weight is 425 g/mol. The summed E-state index contributed by atoms with van der Waals surface area (Å²) in [5, 5.41) is 3.18. The minimum absolute atomic E-state index is 0.101. The van der Waals surface area contributed by atoms with Gasteiger partial charge in [0, 0.05) is 24.4 Å². The fourth-order valence-corrected chi connectivity index (χ4v) is 4.26. The molecule has 1 saturated heterocycles. The molecule has 3 rings (SSSR count). The second kappa shape index (κ2) is 8.91. The molecule has 0 aliphatic carbocycles. The highest BCUT2D eigenvalue weighted by atomic mass is 35.5. The third-order valence-electron chi connectivity index (χ3n) is 4.48. The highest BCUT2D eigenvalue weighted by Crippen LogP contribution is 2.22. The number of ether oxygens (including phenoxy) is 2. The third-order valence-corrected chi connectivity index (χ3v) is 6.66. The van der Waals surface area contributed by atoms with Crippen LogP contribution in [0.25, 0.3) is 0 Å². The normalized spacial score (nSPS) is 16.9. The fourth-order valence-electron chi connectivity index (χ4n) is 2.77. The number of benzene rings is 2. The molecule has 1 N–H and O–H groups in total. The summed E-state index contributed by atoms with van der Waals surface area (Å²) in [6, 6.07) is 12.8. The van der Waals surface area contributed by atoms with Crippen LogP contribution in [0.5, 0.6) is 0 Å². The van der Waals surface area contributed by atoms with Crippen molar-refractivity contribution in [1.82, 2.24) is 4.31 Å². The zero-order valence-corrected chi connectivity index (χ0v) is 16.9. The second-order valence-corrected chi connectivity index (χ2v) is 8.82. The van der Waals surface area contributed by atoms with Crippen LogP contribution in [-0.4, -0.2) is 45.1 Å². The Bertz CT molecular complexity index is 910. The number of nitrogens with one attached hydrogen (secondary N) is 1. The number of amides is 1. The van der Waals surface area contributed by atoms with Crippen LogP contribution < -0.4 is 5.32 Å². The van der Waals surface area contributed by atoms with Gasteiger partial charge in [-0.2, -0.15) is 4.31 Å². The van der Waals surface area contributed by atoms with Gasteiger partial charge in [0.15, 0.2) is 0 Å². The monoisotopic (exact) mass is 424 g/mol. The number of nitrogens with zero attached hydrogens (tertiary/aromatic N) is 1. The lowest BCUT2D eigenvalue weighted by Gasteiger charge is -2.22. The minimum Gasteiger partial charge on any atom is -0.444 e. The maximum atomic E-state index is 12.7. The first-order chi connectivity index (χ1) is 13.4. The van der Waals surface area contributed by atoms with Gasteiger partial charge in [-0.3, -0.25) is 5.32 Å². The first-order valence-corrected chi connectivity index (χ1v) is 10.5. The van der Waals surface area contributed by atoms with Crippen molar-refractivity contribution in [3.63, 3.8) is 0 Å². The Morgan fingerprint density at radius 2 is 1.89 bits per heavy atom. The van der Waals surface area contributed by atoms with E-state index < -0.39 is 16.1 Å². The number of sulfonamides is 1. The van der Waals surface area contributed by atoms with Gasteiger partial charge in [0.1, 0.15) is 6.61 Å². The van der Waals surface area contributed by atoms with Crippen molar-refractivity contribution < 1.29 is 22.7 Å². The summed E-state index contributed by atoms with van der Waals surface area (Å²) in [6.45, 7) is 1.06. The molecule has 9 heteroatoms. The van der Waals surface area contributed by atoms with Gasteiger partial charge in [0.2, 0.25) is 10.0 Å². The largest absolute Gasteiger partial charge is 0.444 e. The summed E-state index contributed by atoms with van der Waals surface area (Å²) < 4.78 is 37.1. The molecule has 1 unspecified atom stereocenters. The molecule has 0 spiro atoms. The van der Waals surface area contributed by atoms with Gasteiger partial charge in [-0.15, -0.1) is 0 Å². The van der Waals surface area contributed by atoms with Crippen molar-refractivity contribution in [2.24, 2.45) is 0 Å². The molecule has 1 heterocycles. The molecule has 2 aromatic carbocycles. The minimum atomic E-state index is -3.62. The summed E-state index contributed by atoms with van der Waals surface area (Å²) in [5.41, 5.74) is 1.24. The highest BCUT2D eigenvalue weighted by Gasteiger charge is 2.30. The molecule has 1 amide bonds. The van der Waals surface area contributed by atoms with Gasteiger partial charge in [0.25, 0.3) is 0 Å². The number of halogens is 1. The molecule has 7 nitrogen and oxygen atoms in total. The third kappa shape index (κ3) is 5.02. The Labute approximate surface area is 169 Å². The Morgan fingerprint density at radius 3 is 2.50 bits per heavy atom. The standard InChI is InChI=1S/C19H21ClN2O5S/c1-22(17-10-11-26-13-17)28(24,25)18-8-6-16(7-9-18)21-19(23)27-12-14-2-4-15(20)5-3-14/h2-9,17H,10-13H2,1H3,(H,21,23). The van der Waals surface area contributed by atoms with E-state index in [1.165, 1.54) is 28.6 Å². The Morgan fingerprint density at radius 1 is 1.21 bits per heavy atom. The van der Waals surface area contributed by atoms with Crippen LogP contribution in [0.2, 0.25) is 5.02 Å². The van der Waals surface area contributed by atoms with E-state index in [0.717, 1.165) is 5.56 Å². The molecule has 0 bridgehead atoms. The van der Waals surface area contributed by atoms with Crippen LogP contribution >= 0.6 is 11.6 Å². The first-order valence-electron chi connectivity index (χ1n) is 8.70. The summed E-state index contributed by atoms with van der Waals surface area (Å²) in [7, 11) is -2.07. The van der Waals surface area contributed by atoms with E-state index in [-0.39, 0.29) is 17.5 Å². The van der Waals surface area contributed by atoms with Crippen molar-refractivity contribution in [3.8, 4) is 0 Å². The maximum Gasteiger partial charge on any atom is 0.411 e. The summed E-state index contributed by atoms with van der Waals surface area (Å²) in [5.74, 6) is 0. The van der Waals surface area contributed by atoms with Crippen molar-refractivity contribution in [3.05, 3.63) is 59.1 Å². The van der Waals surface area contributed by atoms with E-state index in [4.69, 9.17) is 21.1 Å². The lowest BCUT2D eigenvalue weighted by Crippen LogP contribution is -2.37. The van der Waals surface area contributed by atoms with Gasteiger partial charge < -0.3 is 9.47 Å². The van der Waals surface area contributed by atoms with Crippen LogP contribution in [-0.2, 0) is 26.1 Å². The first kappa shape index (κ1) is 20.6. The molecule has 1 atom stereocenters. The van der Waals surface area contributed by atoms with Gasteiger partial charge >= 0.3 is 6.09 Å². The van der Waals surface area contributed by atoms with Crippen molar-refractivity contribution in [2.75, 3.05) is 25.6 Å². The number of carbonyl (C=O) groups is 1. The molecule has 2 aromatic rings. The SMILES string of the molecule is CN(C1CCOC1)S(=O)(=O)c1ccc(NC(=O)OCc2ccc(Cl)cc2)cc1. The molecule has 0 aromatic heterocycles. The predicted octanol–water partition coefficient (Wildman–Crippen LogP) is 3.50. The van der Waals surface area contributed by atoms with Gasteiger partial charge in [-0.25, -0.2) is 13.2 Å². The van der Waals surface area contributed by atoms with Gasteiger partial charge in [0.05, 0.1) is 17.5 Å². The average Bonchev–Trinajstić information content (AvgIpc) is 3.22. The lowest BCUT2D eigenvalue weighted by molar-refractivity contribution is 0.155. The topological polar surface area (TPSA) is 84.9 Å². The van der Waals surface area contributed by atoms with Crippen molar-refractivity contribution >= 4 is 33.4 Å². The van der Waals surface area contributed by atoms with Crippen molar-refractivity contribution in [2.45, 2.75) is 24.0 Å². The van der Waals surface area contributed by atoms with E-state index in [0.29, 0.717) is 30.3 Å². The number of likely N-dealkylation sites (N-methyl/N-ethyl adjacent to an activating group) is 1. The van der Waals surface area contributed by atoms with E-state index >= 15 is 0 Å². The zero-order valence-electron chi connectivity index (χ0n) is 15.3. The van der Waals surface area contributed by atoms with Gasteiger partial charge in [-0.05, 0) is 48.4 Å². The van der Waals surface area contributed by atoms with Crippen LogP contribution in [0.15, 0.2) is 53.4 Å². The molecule has 1 aliphatic rings. The van der Waals surface area contributed by atoms with Crippen LogP contribution in [0.3, 0.4) is 0 Å². The Hall–Kier alpha value is -2.13. The zero-order chi connectivity index (χ0) is 20.1. The molecule has 28 heavy (non-hydrogen) atoms. The highest BCUT2D eigenvalue weighted by molar-refractivity contribution is 7.89. The van der Waals surface area contributed by atoms with E-state index in [1.807, 2.05) is 0 Å². The van der Waals surface area contributed by atoms with E-state index in [1.54, 1.807) is 31.3 Å². The lowest BCUT2D eigenvalue weighted by atomic mass is 10.2. The summed E-state index contributed by atoms with van der Waals surface area (Å²) in [6.07, 6.45) is 0.0419. The fraction of sp³-hybridized carbons (Fsp3) is 0.316. The number of anilines is 1. The van der Waals surface area contributed by atoms with Crippen LogP contribution in [0.4, 0.5) is 10.5 Å². The molecular weight excluding hydrogens is 404 g/mol. The predicted molar refractivity (Wildman–Crippen MR) is 106 cm³/mol. The summed E-state index contributed by atoms with van der Waals surface area (Å²) in [4.78, 5) is 12.1. The Balaban J connectivity index is 1.57. The Kier molecular flexibility index (Phi) is 6.56. The number of rotatable bonds is 6. The smallest absolute Gasteiger partial charge is 0.411 e. The molecule has 0 radical (unpaired) electrons. The number of hydrogen-bond acceptors (Lipinski definition) is 5. The quantitative estimate of drug-likeness (QED) is 0.767. The molecule has 150 valence electrons. The van der Waals surface area contributed by atoms with Gasteiger partial charge in [-0.1, -0.05) is 23.7 Å². The van der Waals surface area contributed by atoms with Crippen LogP contribution in [0, 0.1) is 0 Å². The molecule has 0 saturated carbocycles. The summed E-state index contributed by atoms with van der Waals surface area (Å²) >= 11 is 5.81. The molecule has 1 aliphatic heterocycles. The number of carbonyl (C=O) groups excluding carboxylic acids is 1. The molecule has 1 fully saturated rings. The van der Waals surface area contributed by atoms with E-state index in [9.17, 15) is 13.2 Å². The second-order valence-electron chi connectivity index (χ2n) is 6.39. The number of hydrogen-bond donors (Lipinski definition) is 1. The molecular formula is C19H21ClN2O5S. The maximum absolute atomic E-state index is 12.7. The van der Waals surface area contributed by atoms with E-state index in [2.05, 4.69) is 5.32 Å². The van der Waals surface area contributed by atoms with Crippen molar-refractivity contribution in [1.29, 1.82) is 0 Å².